The molecule has 15 heavy (non-hydrogen) atoms. The van der Waals surface area contributed by atoms with Gasteiger partial charge in [-0.1, -0.05) is 0 Å². The Labute approximate surface area is 99.5 Å². The average Bonchev–Trinajstić information content (AvgIpc) is 2.19. The van der Waals surface area contributed by atoms with Crippen molar-refractivity contribution in [2.75, 3.05) is 27.2 Å². The number of hydrogen-bond acceptors (Lipinski definition) is 0. The van der Waals surface area contributed by atoms with Crippen molar-refractivity contribution in [3.8, 4) is 0 Å². The summed E-state index contributed by atoms with van der Waals surface area (Å²) in [7, 11) is 4.53. The van der Waals surface area contributed by atoms with Crippen LogP contribution in [-0.2, 0) is 0 Å². The summed E-state index contributed by atoms with van der Waals surface area (Å²) in [5.41, 5.74) is 0. The fourth-order valence-corrected chi connectivity index (χ4v) is 3.82. The molecule has 0 atom stereocenters. The predicted molar refractivity (Wildman–Crippen MR) is 68.7 cm³/mol. The van der Waals surface area contributed by atoms with Gasteiger partial charge in [0.25, 0.3) is 0 Å². The van der Waals surface area contributed by atoms with Gasteiger partial charge in [-0.2, -0.15) is 0 Å². The molecule has 0 aliphatic carbocycles. The van der Waals surface area contributed by atoms with Crippen LogP contribution in [0.3, 0.4) is 0 Å². The summed E-state index contributed by atoms with van der Waals surface area (Å²) >= 11 is 0.623. The van der Waals surface area contributed by atoms with Crippen molar-refractivity contribution in [1.82, 2.24) is 0 Å². The SMILES string of the molecule is C=CC[N+](C)(C)CC[Se]c1ccccc1. The summed E-state index contributed by atoms with van der Waals surface area (Å²) in [5.74, 6) is 0. The molecule has 0 spiro atoms. The molecule has 1 rings (SSSR count). The second-order valence-corrected chi connectivity index (χ2v) is 6.74. The first-order chi connectivity index (χ1) is 7.14. The number of likely N-dealkylation sites (N-methyl/N-ethyl adjacent to an activating group) is 1. The topological polar surface area (TPSA) is 0 Å². The zero-order valence-electron chi connectivity index (χ0n) is 9.65. The van der Waals surface area contributed by atoms with Crippen LogP contribution in [0.5, 0.6) is 0 Å². The quantitative estimate of drug-likeness (QED) is 0.419. The zero-order chi connectivity index (χ0) is 11.1. The normalized spacial score (nSPS) is 11.3. The van der Waals surface area contributed by atoms with Gasteiger partial charge in [0.1, 0.15) is 0 Å². The van der Waals surface area contributed by atoms with Crippen LogP contribution in [0, 0.1) is 0 Å². The molecule has 0 radical (unpaired) electrons. The Balaban J connectivity index is 2.30. The van der Waals surface area contributed by atoms with Crippen LogP contribution in [-0.4, -0.2) is 46.6 Å². The van der Waals surface area contributed by atoms with E-state index in [4.69, 9.17) is 0 Å². The Kier molecular flexibility index (Phi) is 5.10. The van der Waals surface area contributed by atoms with Gasteiger partial charge in [0.2, 0.25) is 0 Å². The predicted octanol–water partition coefficient (Wildman–Crippen LogP) is 1.70. The van der Waals surface area contributed by atoms with Crippen molar-refractivity contribution in [2.45, 2.75) is 5.32 Å². The molecule has 0 heterocycles. The minimum absolute atomic E-state index is 0.623. The molecule has 0 N–H and O–H groups in total. The molecular weight excluding hydrogens is 249 g/mol. The third-order valence-electron chi connectivity index (χ3n) is 2.33. The van der Waals surface area contributed by atoms with Crippen molar-refractivity contribution in [3.63, 3.8) is 0 Å². The molecule has 0 unspecified atom stereocenters. The van der Waals surface area contributed by atoms with E-state index in [2.05, 4.69) is 51.0 Å². The van der Waals surface area contributed by atoms with Gasteiger partial charge in [-0.25, -0.2) is 0 Å². The van der Waals surface area contributed by atoms with E-state index in [-0.39, 0.29) is 0 Å². The summed E-state index contributed by atoms with van der Waals surface area (Å²) in [4.78, 5) is 0. The molecule has 0 aromatic heterocycles. The minimum atomic E-state index is 0.623. The molecule has 0 saturated heterocycles. The molecule has 0 aliphatic heterocycles. The van der Waals surface area contributed by atoms with Gasteiger partial charge in [-0.3, -0.25) is 0 Å². The Morgan fingerprint density at radius 1 is 1.27 bits per heavy atom. The van der Waals surface area contributed by atoms with E-state index >= 15 is 0 Å². The van der Waals surface area contributed by atoms with E-state index in [1.807, 2.05) is 6.08 Å². The molecule has 2 heteroatoms. The molecule has 1 aromatic rings. The zero-order valence-corrected chi connectivity index (χ0v) is 11.4. The first-order valence-corrected chi connectivity index (χ1v) is 7.31. The van der Waals surface area contributed by atoms with Crippen LogP contribution in [0.15, 0.2) is 43.0 Å². The Morgan fingerprint density at radius 3 is 2.53 bits per heavy atom. The number of hydrogen-bond donors (Lipinski definition) is 0. The van der Waals surface area contributed by atoms with Crippen molar-refractivity contribution < 1.29 is 4.48 Å². The second-order valence-electron chi connectivity index (χ2n) is 4.29. The first kappa shape index (κ1) is 12.5. The van der Waals surface area contributed by atoms with Crippen molar-refractivity contribution in [3.05, 3.63) is 43.0 Å². The van der Waals surface area contributed by atoms with E-state index in [9.17, 15) is 0 Å². The summed E-state index contributed by atoms with van der Waals surface area (Å²) in [6.07, 6.45) is 2.01. The van der Waals surface area contributed by atoms with Crippen LogP contribution in [0.2, 0.25) is 5.32 Å². The van der Waals surface area contributed by atoms with Crippen molar-refractivity contribution in [1.29, 1.82) is 0 Å². The monoisotopic (exact) mass is 270 g/mol. The van der Waals surface area contributed by atoms with Crippen molar-refractivity contribution in [2.24, 2.45) is 0 Å². The second kappa shape index (κ2) is 6.12. The number of rotatable bonds is 6. The molecule has 0 saturated carbocycles. The van der Waals surface area contributed by atoms with Gasteiger partial charge in [-0.15, -0.1) is 0 Å². The fourth-order valence-electron chi connectivity index (χ4n) is 1.37. The Hall–Kier alpha value is -0.561. The Bertz CT molecular complexity index is 293. The molecule has 1 nitrogen and oxygen atoms in total. The molecule has 0 amide bonds. The van der Waals surface area contributed by atoms with Crippen LogP contribution in [0.1, 0.15) is 0 Å². The summed E-state index contributed by atoms with van der Waals surface area (Å²) in [6.45, 7) is 6.10. The van der Waals surface area contributed by atoms with Gasteiger partial charge in [0.15, 0.2) is 0 Å². The first-order valence-electron chi connectivity index (χ1n) is 5.25. The fraction of sp³-hybridized carbons (Fsp3) is 0.385. The average molecular weight is 269 g/mol. The third kappa shape index (κ3) is 5.17. The van der Waals surface area contributed by atoms with E-state index < -0.39 is 0 Å². The van der Waals surface area contributed by atoms with Crippen molar-refractivity contribution >= 4 is 19.4 Å². The van der Waals surface area contributed by atoms with Gasteiger partial charge in [-0.05, 0) is 0 Å². The summed E-state index contributed by atoms with van der Waals surface area (Å²) in [6, 6.07) is 10.8. The van der Waals surface area contributed by atoms with Crippen LogP contribution < -0.4 is 4.46 Å². The molecule has 1 aromatic carbocycles. The van der Waals surface area contributed by atoms with Crippen LogP contribution >= 0.6 is 0 Å². The molecule has 0 aliphatic rings. The summed E-state index contributed by atoms with van der Waals surface area (Å²) < 4.78 is 2.56. The number of quaternary nitrogens is 1. The van der Waals surface area contributed by atoms with E-state index in [0.29, 0.717) is 15.0 Å². The maximum atomic E-state index is 3.80. The van der Waals surface area contributed by atoms with Gasteiger partial charge in [0.05, 0.1) is 0 Å². The van der Waals surface area contributed by atoms with Crippen LogP contribution in [0.25, 0.3) is 0 Å². The van der Waals surface area contributed by atoms with E-state index in [0.717, 1.165) is 11.0 Å². The van der Waals surface area contributed by atoms with Gasteiger partial charge in [0, 0.05) is 0 Å². The standard InChI is InChI=1S/C13H20NSe/c1-4-10-14(2,3)11-12-15-13-8-6-5-7-9-13/h4-9H,1,10-12H2,2-3H3/q+1. The Morgan fingerprint density at radius 2 is 1.93 bits per heavy atom. The van der Waals surface area contributed by atoms with Gasteiger partial charge >= 0.3 is 99.4 Å². The summed E-state index contributed by atoms with van der Waals surface area (Å²) in [5, 5.41) is 1.30. The van der Waals surface area contributed by atoms with Gasteiger partial charge < -0.3 is 0 Å². The van der Waals surface area contributed by atoms with E-state index in [1.165, 1.54) is 16.3 Å². The molecular formula is C13H20NSe+. The molecule has 82 valence electrons. The number of benzene rings is 1. The van der Waals surface area contributed by atoms with Crippen LogP contribution in [0.4, 0.5) is 0 Å². The molecule has 0 fully saturated rings. The molecule has 0 bridgehead atoms. The third-order valence-corrected chi connectivity index (χ3v) is 4.41. The van der Waals surface area contributed by atoms with E-state index in [1.54, 1.807) is 0 Å². The maximum absolute atomic E-state index is 3.80. The number of nitrogens with zero attached hydrogens (tertiary/aromatic N) is 1.